The molecule has 0 aliphatic heterocycles. The van der Waals surface area contributed by atoms with Gasteiger partial charge in [0, 0.05) is 33.4 Å². The Morgan fingerprint density at radius 2 is 1.86 bits per heavy atom. The number of benzene rings is 2. The highest BCUT2D eigenvalue weighted by Gasteiger charge is 2.40. The average molecular weight is 393 g/mol. The Morgan fingerprint density at radius 1 is 1.04 bits per heavy atom. The minimum Gasteiger partial charge on any atom is -0.496 e. The molecule has 4 aromatic rings. The van der Waals surface area contributed by atoms with Gasteiger partial charge in [-0.15, -0.1) is 0 Å². The molecule has 1 aliphatic rings. The van der Waals surface area contributed by atoms with Crippen molar-refractivity contribution in [2.75, 3.05) is 7.11 Å². The predicted molar refractivity (Wildman–Crippen MR) is 111 cm³/mol. The highest BCUT2D eigenvalue weighted by Crippen LogP contribution is 2.51. The van der Waals surface area contributed by atoms with Crippen LogP contribution in [0.1, 0.15) is 36.0 Å². The topological polar surface area (TPSA) is 35.5 Å². The molecular formula is C24H21ClO3. The third-order valence-electron chi connectivity index (χ3n) is 5.95. The fourth-order valence-electron chi connectivity index (χ4n) is 4.53. The van der Waals surface area contributed by atoms with Crippen LogP contribution in [0.5, 0.6) is 5.75 Å². The average Bonchev–Trinajstić information content (AvgIpc) is 3.23. The zero-order valence-electron chi connectivity index (χ0n) is 16.1. The van der Waals surface area contributed by atoms with Crippen LogP contribution in [-0.2, 0) is 11.8 Å². The molecule has 0 saturated carbocycles. The predicted octanol–water partition coefficient (Wildman–Crippen LogP) is 6.92. The van der Waals surface area contributed by atoms with Crippen LogP contribution in [0.3, 0.4) is 0 Å². The van der Waals surface area contributed by atoms with Gasteiger partial charge in [0.2, 0.25) is 0 Å². The summed E-state index contributed by atoms with van der Waals surface area (Å²) in [6.07, 6.45) is 1.69. The standard InChI is InChI=1S/C24H21ClO3/c1-14-12-18-23(27-14)22-16-13-15(25)8-9-19(16)28-21(22)10-11-24(18,2)17-6-4-5-7-20(17)26-3/h4-9,12-13H,10-11H2,1-3H3. The van der Waals surface area contributed by atoms with Crippen LogP contribution in [-0.4, -0.2) is 7.11 Å². The van der Waals surface area contributed by atoms with Gasteiger partial charge in [-0.05, 0) is 43.7 Å². The molecule has 142 valence electrons. The molecule has 2 aromatic carbocycles. The van der Waals surface area contributed by atoms with Crippen molar-refractivity contribution in [2.45, 2.75) is 32.1 Å². The summed E-state index contributed by atoms with van der Waals surface area (Å²) in [6.45, 7) is 4.26. The van der Waals surface area contributed by atoms with Gasteiger partial charge < -0.3 is 13.6 Å². The lowest BCUT2D eigenvalue weighted by molar-refractivity contribution is 0.390. The van der Waals surface area contributed by atoms with Gasteiger partial charge >= 0.3 is 0 Å². The molecule has 28 heavy (non-hydrogen) atoms. The first-order valence-corrected chi connectivity index (χ1v) is 9.85. The molecule has 0 fully saturated rings. The number of furan rings is 2. The number of aryl methyl sites for hydroxylation is 2. The van der Waals surface area contributed by atoms with Gasteiger partial charge in [-0.25, -0.2) is 0 Å². The number of rotatable bonds is 2. The second-order valence-corrected chi connectivity index (χ2v) is 8.11. The van der Waals surface area contributed by atoms with Crippen molar-refractivity contribution >= 4 is 22.6 Å². The van der Waals surface area contributed by atoms with Gasteiger partial charge in [-0.2, -0.15) is 0 Å². The molecule has 1 unspecified atom stereocenters. The van der Waals surface area contributed by atoms with E-state index in [0.29, 0.717) is 5.02 Å². The second kappa shape index (κ2) is 6.18. The Labute approximate surface area is 168 Å². The number of ether oxygens (including phenoxy) is 1. The van der Waals surface area contributed by atoms with Gasteiger partial charge in [0.15, 0.2) is 0 Å². The molecule has 4 heteroatoms. The summed E-state index contributed by atoms with van der Waals surface area (Å²) in [7, 11) is 1.72. The zero-order valence-corrected chi connectivity index (χ0v) is 16.9. The SMILES string of the molecule is COc1ccccc1C1(C)CCc2oc3ccc(Cl)cc3c2-c2oc(C)cc21. The first-order valence-electron chi connectivity index (χ1n) is 9.47. The van der Waals surface area contributed by atoms with Gasteiger partial charge in [0.05, 0.1) is 12.7 Å². The molecule has 0 spiro atoms. The van der Waals surface area contributed by atoms with Crippen LogP contribution < -0.4 is 4.74 Å². The van der Waals surface area contributed by atoms with E-state index in [1.807, 2.05) is 37.3 Å². The van der Waals surface area contributed by atoms with Crippen molar-refractivity contribution in [1.29, 1.82) is 0 Å². The summed E-state index contributed by atoms with van der Waals surface area (Å²) in [5.74, 6) is 3.60. The normalized spacial score (nSPS) is 18.6. The minimum absolute atomic E-state index is 0.258. The van der Waals surface area contributed by atoms with E-state index in [1.165, 1.54) is 0 Å². The summed E-state index contributed by atoms with van der Waals surface area (Å²) in [5, 5.41) is 1.69. The molecule has 1 aliphatic carbocycles. The molecule has 2 heterocycles. The first kappa shape index (κ1) is 17.4. The molecule has 1 atom stereocenters. The molecular weight excluding hydrogens is 372 g/mol. The third-order valence-corrected chi connectivity index (χ3v) is 6.19. The molecule has 2 aromatic heterocycles. The summed E-state index contributed by atoms with van der Waals surface area (Å²) < 4.78 is 18.2. The van der Waals surface area contributed by atoms with Crippen LogP contribution in [0.4, 0.5) is 0 Å². The number of hydrogen-bond donors (Lipinski definition) is 0. The van der Waals surface area contributed by atoms with Crippen molar-refractivity contribution < 1.29 is 13.6 Å². The highest BCUT2D eigenvalue weighted by atomic mass is 35.5. The Kier molecular flexibility index (Phi) is 3.85. The van der Waals surface area contributed by atoms with Gasteiger partial charge in [-0.1, -0.05) is 36.7 Å². The Bertz CT molecular complexity index is 1200. The van der Waals surface area contributed by atoms with Crippen molar-refractivity contribution in [2.24, 2.45) is 0 Å². The van der Waals surface area contributed by atoms with Crippen LogP contribution in [0.2, 0.25) is 5.02 Å². The number of hydrogen-bond acceptors (Lipinski definition) is 3. The number of methoxy groups -OCH3 is 1. The van der Waals surface area contributed by atoms with Crippen molar-refractivity contribution in [3.05, 3.63) is 76.2 Å². The lowest BCUT2D eigenvalue weighted by Gasteiger charge is -2.30. The fraction of sp³-hybridized carbons (Fsp3) is 0.250. The van der Waals surface area contributed by atoms with Crippen molar-refractivity contribution in [1.82, 2.24) is 0 Å². The number of halogens is 1. The van der Waals surface area contributed by atoms with Crippen LogP contribution in [0.25, 0.3) is 22.3 Å². The lowest BCUT2D eigenvalue weighted by Crippen LogP contribution is -2.24. The summed E-state index contributed by atoms with van der Waals surface area (Å²) in [5.41, 5.74) is 3.93. The highest BCUT2D eigenvalue weighted by molar-refractivity contribution is 6.31. The van der Waals surface area contributed by atoms with E-state index in [-0.39, 0.29) is 5.41 Å². The molecule has 0 radical (unpaired) electrons. The zero-order chi connectivity index (χ0) is 19.5. The summed E-state index contributed by atoms with van der Waals surface area (Å²) in [6, 6.07) is 16.1. The smallest absolute Gasteiger partial charge is 0.142 e. The largest absolute Gasteiger partial charge is 0.496 e. The molecule has 0 amide bonds. The second-order valence-electron chi connectivity index (χ2n) is 7.67. The monoisotopic (exact) mass is 392 g/mol. The van der Waals surface area contributed by atoms with E-state index in [2.05, 4.69) is 25.1 Å². The number of para-hydroxylation sites is 1. The molecule has 0 N–H and O–H groups in total. The number of fused-ring (bicyclic) bond motifs is 5. The Balaban J connectivity index is 1.82. The first-order chi connectivity index (χ1) is 13.5. The lowest BCUT2D eigenvalue weighted by atomic mass is 9.73. The van der Waals surface area contributed by atoms with Gasteiger partial charge in [0.25, 0.3) is 0 Å². The van der Waals surface area contributed by atoms with E-state index in [4.69, 9.17) is 25.2 Å². The van der Waals surface area contributed by atoms with Crippen molar-refractivity contribution in [3.8, 4) is 17.1 Å². The quantitative estimate of drug-likeness (QED) is 0.371. The minimum atomic E-state index is -0.258. The van der Waals surface area contributed by atoms with E-state index in [1.54, 1.807) is 7.11 Å². The maximum Gasteiger partial charge on any atom is 0.142 e. The Morgan fingerprint density at radius 3 is 2.68 bits per heavy atom. The van der Waals surface area contributed by atoms with Crippen LogP contribution >= 0.6 is 11.6 Å². The fourth-order valence-corrected chi connectivity index (χ4v) is 4.71. The van der Waals surface area contributed by atoms with E-state index >= 15 is 0 Å². The van der Waals surface area contributed by atoms with E-state index < -0.39 is 0 Å². The van der Waals surface area contributed by atoms with E-state index in [9.17, 15) is 0 Å². The van der Waals surface area contributed by atoms with Crippen molar-refractivity contribution in [3.63, 3.8) is 0 Å². The molecule has 5 rings (SSSR count). The molecule has 3 nitrogen and oxygen atoms in total. The molecule has 0 bridgehead atoms. The maximum absolute atomic E-state index is 6.29. The summed E-state index contributed by atoms with van der Waals surface area (Å²) >= 11 is 6.29. The summed E-state index contributed by atoms with van der Waals surface area (Å²) in [4.78, 5) is 0. The maximum atomic E-state index is 6.29. The Hall–Kier alpha value is -2.65. The molecule has 0 saturated heterocycles. The van der Waals surface area contributed by atoms with Gasteiger partial charge in [0.1, 0.15) is 28.6 Å². The van der Waals surface area contributed by atoms with Gasteiger partial charge in [-0.3, -0.25) is 0 Å². The van der Waals surface area contributed by atoms with E-state index in [0.717, 1.165) is 63.5 Å². The van der Waals surface area contributed by atoms with Crippen LogP contribution in [0, 0.1) is 6.92 Å². The van der Waals surface area contributed by atoms with Crippen LogP contribution in [0.15, 0.2) is 57.4 Å². The third kappa shape index (κ3) is 2.43.